The second kappa shape index (κ2) is 12.3. The van der Waals surface area contributed by atoms with E-state index in [0.717, 1.165) is 10.7 Å². The molecule has 1 atom stereocenters. The highest BCUT2D eigenvalue weighted by Gasteiger charge is 2.31. The number of halogens is 1. The summed E-state index contributed by atoms with van der Waals surface area (Å²) in [4.78, 5) is 27.8. The predicted molar refractivity (Wildman–Crippen MR) is 139 cm³/mol. The SMILES string of the molecule is CCCNC(=O)C(C)N(Cc1ccccc1Cl)C(=O)CN(c1ccc2c(c1)OCCO2)S(=O)(=O)CC. The first-order valence-electron chi connectivity index (χ1n) is 11.9. The molecule has 2 aromatic rings. The van der Waals surface area contributed by atoms with Gasteiger partial charge in [-0.3, -0.25) is 13.9 Å². The van der Waals surface area contributed by atoms with Crippen molar-refractivity contribution in [3.05, 3.63) is 53.1 Å². The third-order valence-corrected chi connectivity index (χ3v) is 7.92. The number of carbonyl (C=O) groups is 2. The van der Waals surface area contributed by atoms with Gasteiger partial charge in [0.25, 0.3) is 0 Å². The zero-order chi connectivity index (χ0) is 26.3. The van der Waals surface area contributed by atoms with E-state index in [1.807, 2.05) is 6.92 Å². The van der Waals surface area contributed by atoms with E-state index in [-0.39, 0.29) is 23.9 Å². The maximum absolute atomic E-state index is 13.7. The summed E-state index contributed by atoms with van der Waals surface area (Å²) >= 11 is 6.33. The molecule has 196 valence electrons. The predicted octanol–water partition coefficient (Wildman–Crippen LogP) is 3.21. The molecule has 0 spiro atoms. The highest BCUT2D eigenvalue weighted by molar-refractivity contribution is 7.92. The van der Waals surface area contributed by atoms with Gasteiger partial charge in [-0.15, -0.1) is 0 Å². The fourth-order valence-corrected chi connectivity index (χ4v) is 4.94. The van der Waals surface area contributed by atoms with Gasteiger partial charge in [-0.2, -0.15) is 0 Å². The van der Waals surface area contributed by atoms with Crippen LogP contribution in [0.25, 0.3) is 0 Å². The Labute approximate surface area is 217 Å². The van der Waals surface area contributed by atoms with Crippen LogP contribution in [0.5, 0.6) is 11.5 Å². The van der Waals surface area contributed by atoms with E-state index in [0.29, 0.717) is 41.8 Å². The third kappa shape index (κ3) is 6.61. The van der Waals surface area contributed by atoms with Crippen LogP contribution in [-0.2, 0) is 26.2 Å². The van der Waals surface area contributed by atoms with E-state index in [1.54, 1.807) is 49.4 Å². The number of anilines is 1. The molecule has 0 saturated carbocycles. The van der Waals surface area contributed by atoms with Crippen molar-refractivity contribution in [1.82, 2.24) is 10.2 Å². The van der Waals surface area contributed by atoms with Gasteiger partial charge in [0.05, 0.1) is 11.4 Å². The molecule has 1 aliphatic rings. The number of fused-ring (bicyclic) bond motifs is 1. The van der Waals surface area contributed by atoms with Crippen molar-refractivity contribution >= 4 is 39.1 Å². The Bertz CT molecular complexity index is 1190. The molecule has 3 rings (SSSR count). The van der Waals surface area contributed by atoms with Crippen molar-refractivity contribution in [2.45, 2.75) is 39.8 Å². The van der Waals surface area contributed by atoms with E-state index < -0.39 is 28.5 Å². The lowest BCUT2D eigenvalue weighted by atomic mass is 10.1. The molecule has 0 aliphatic carbocycles. The van der Waals surface area contributed by atoms with Gasteiger partial charge in [-0.05, 0) is 44.0 Å². The molecule has 1 heterocycles. The van der Waals surface area contributed by atoms with Gasteiger partial charge in [-0.25, -0.2) is 8.42 Å². The van der Waals surface area contributed by atoms with Gasteiger partial charge >= 0.3 is 0 Å². The molecule has 2 aromatic carbocycles. The van der Waals surface area contributed by atoms with Gasteiger partial charge < -0.3 is 19.7 Å². The average molecular weight is 538 g/mol. The molecule has 11 heteroatoms. The smallest absolute Gasteiger partial charge is 0.244 e. The van der Waals surface area contributed by atoms with E-state index >= 15 is 0 Å². The molecule has 1 unspecified atom stereocenters. The number of ether oxygens (including phenoxy) is 2. The van der Waals surface area contributed by atoms with Crippen molar-refractivity contribution in [3.63, 3.8) is 0 Å². The highest BCUT2D eigenvalue weighted by Crippen LogP contribution is 2.35. The molecular formula is C25H32ClN3O6S. The fourth-order valence-electron chi connectivity index (χ4n) is 3.70. The monoisotopic (exact) mass is 537 g/mol. The first-order chi connectivity index (χ1) is 17.2. The zero-order valence-corrected chi connectivity index (χ0v) is 22.3. The summed E-state index contributed by atoms with van der Waals surface area (Å²) in [5, 5.41) is 3.25. The number of nitrogens with zero attached hydrogens (tertiary/aromatic N) is 2. The second-order valence-corrected chi connectivity index (χ2v) is 10.9. The van der Waals surface area contributed by atoms with Crippen molar-refractivity contribution < 1.29 is 27.5 Å². The lowest BCUT2D eigenvalue weighted by molar-refractivity contribution is -0.139. The summed E-state index contributed by atoms with van der Waals surface area (Å²) in [7, 11) is -3.85. The summed E-state index contributed by atoms with van der Waals surface area (Å²) in [6.45, 7) is 5.80. The van der Waals surface area contributed by atoms with E-state index in [1.165, 1.54) is 11.8 Å². The van der Waals surface area contributed by atoms with Crippen molar-refractivity contribution in [2.75, 3.05) is 36.4 Å². The van der Waals surface area contributed by atoms with Gasteiger partial charge in [0, 0.05) is 24.2 Å². The quantitative estimate of drug-likeness (QED) is 0.472. The van der Waals surface area contributed by atoms with E-state index in [2.05, 4.69) is 5.32 Å². The largest absolute Gasteiger partial charge is 0.486 e. The van der Waals surface area contributed by atoms with Crippen LogP contribution in [-0.4, -0.2) is 63.2 Å². The van der Waals surface area contributed by atoms with Gasteiger partial charge in [0.1, 0.15) is 25.8 Å². The molecule has 9 nitrogen and oxygen atoms in total. The van der Waals surface area contributed by atoms with Crippen LogP contribution in [0.15, 0.2) is 42.5 Å². The first kappa shape index (κ1) is 27.6. The van der Waals surface area contributed by atoms with Crippen LogP contribution >= 0.6 is 11.6 Å². The maximum atomic E-state index is 13.7. The number of rotatable bonds is 11. The van der Waals surface area contributed by atoms with Crippen LogP contribution in [0.1, 0.15) is 32.8 Å². The fraction of sp³-hybridized carbons (Fsp3) is 0.440. The molecule has 0 radical (unpaired) electrons. The minimum absolute atomic E-state index is 0.0420. The Kier molecular flexibility index (Phi) is 9.44. The summed E-state index contributed by atoms with van der Waals surface area (Å²) in [6.07, 6.45) is 0.740. The topological polar surface area (TPSA) is 105 Å². The molecular weight excluding hydrogens is 506 g/mol. The van der Waals surface area contributed by atoms with Crippen LogP contribution in [0, 0.1) is 0 Å². The zero-order valence-electron chi connectivity index (χ0n) is 20.7. The van der Waals surface area contributed by atoms with Gasteiger partial charge in [0.2, 0.25) is 21.8 Å². The van der Waals surface area contributed by atoms with Crippen molar-refractivity contribution in [1.29, 1.82) is 0 Å². The number of hydrogen-bond acceptors (Lipinski definition) is 6. The Morgan fingerprint density at radius 1 is 1.08 bits per heavy atom. The van der Waals surface area contributed by atoms with Crippen LogP contribution in [0.4, 0.5) is 5.69 Å². The Morgan fingerprint density at radius 2 is 1.78 bits per heavy atom. The Hall–Kier alpha value is -2.98. The molecule has 1 aliphatic heterocycles. The van der Waals surface area contributed by atoms with Gasteiger partial charge in [0.15, 0.2) is 11.5 Å². The summed E-state index contributed by atoms with van der Waals surface area (Å²) in [5.74, 6) is -0.178. The van der Waals surface area contributed by atoms with Crippen LogP contribution in [0.3, 0.4) is 0 Å². The summed E-state index contributed by atoms with van der Waals surface area (Å²) in [6, 6.07) is 10.9. The number of amides is 2. The summed E-state index contributed by atoms with van der Waals surface area (Å²) < 4.78 is 38.3. The normalized spacial score (nSPS) is 13.6. The van der Waals surface area contributed by atoms with Crippen LogP contribution in [0.2, 0.25) is 5.02 Å². The van der Waals surface area contributed by atoms with Crippen molar-refractivity contribution in [3.8, 4) is 11.5 Å². The minimum atomic E-state index is -3.85. The Balaban J connectivity index is 1.94. The number of hydrogen-bond donors (Lipinski definition) is 1. The average Bonchev–Trinajstić information content (AvgIpc) is 2.88. The van der Waals surface area contributed by atoms with Gasteiger partial charge in [-0.1, -0.05) is 36.7 Å². The lowest BCUT2D eigenvalue weighted by Gasteiger charge is -2.32. The van der Waals surface area contributed by atoms with Crippen molar-refractivity contribution in [2.24, 2.45) is 0 Å². The minimum Gasteiger partial charge on any atom is -0.486 e. The molecule has 2 amide bonds. The second-order valence-electron chi connectivity index (χ2n) is 8.32. The Morgan fingerprint density at radius 3 is 2.44 bits per heavy atom. The molecule has 1 N–H and O–H groups in total. The van der Waals surface area contributed by atoms with E-state index in [9.17, 15) is 18.0 Å². The standard InChI is InChI=1S/C25H32ClN3O6S/c1-4-12-27-25(31)18(3)28(16-19-8-6-7-9-21(19)26)24(30)17-29(36(32,33)5-2)20-10-11-22-23(15-20)35-14-13-34-22/h6-11,15,18H,4-5,12-14,16-17H2,1-3H3,(H,27,31). The number of benzene rings is 2. The molecule has 0 aromatic heterocycles. The number of sulfonamides is 1. The first-order valence-corrected chi connectivity index (χ1v) is 13.9. The van der Waals surface area contributed by atoms with E-state index in [4.69, 9.17) is 21.1 Å². The number of nitrogens with one attached hydrogen (secondary N) is 1. The summed E-state index contributed by atoms with van der Waals surface area (Å²) in [5.41, 5.74) is 0.919. The third-order valence-electron chi connectivity index (χ3n) is 5.81. The highest BCUT2D eigenvalue weighted by atomic mass is 35.5. The molecule has 0 saturated heterocycles. The molecule has 36 heavy (non-hydrogen) atoms. The lowest BCUT2D eigenvalue weighted by Crippen LogP contribution is -2.51. The molecule has 0 bridgehead atoms. The molecule has 0 fully saturated rings. The maximum Gasteiger partial charge on any atom is 0.244 e. The number of carbonyl (C=O) groups excluding carboxylic acids is 2. The van der Waals surface area contributed by atoms with Crippen LogP contribution < -0.4 is 19.1 Å².